The van der Waals surface area contributed by atoms with Gasteiger partial charge in [-0.05, 0) is 56.7 Å². The first-order valence-electron chi connectivity index (χ1n) is 8.80. The van der Waals surface area contributed by atoms with Gasteiger partial charge in [0, 0.05) is 29.8 Å². The Morgan fingerprint density at radius 3 is 2.69 bits per heavy atom. The second-order valence-corrected chi connectivity index (χ2v) is 6.39. The Labute approximate surface area is 151 Å². The third kappa shape index (κ3) is 3.99. The molecule has 0 bridgehead atoms. The second-order valence-electron chi connectivity index (χ2n) is 6.39. The molecule has 0 fully saturated rings. The predicted octanol–water partition coefficient (Wildman–Crippen LogP) is 3.93. The van der Waals surface area contributed by atoms with Gasteiger partial charge in [-0.3, -0.25) is 14.9 Å². The molecule has 26 heavy (non-hydrogen) atoms. The summed E-state index contributed by atoms with van der Waals surface area (Å²) in [5.74, 6) is -0.779. The number of carboxylic acid groups (broad SMARTS) is 1. The van der Waals surface area contributed by atoms with Crippen molar-refractivity contribution in [3.63, 3.8) is 0 Å². The highest BCUT2D eigenvalue weighted by Gasteiger charge is 2.20. The molecular weight excluding hydrogens is 334 g/mol. The fourth-order valence-corrected chi connectivity index (χ4v) is 3.26. The summed E-state index contributed by atoms with van der Waals surface area (Å²) in [6.45, 7) is 0. The quantitative estimate of drug-likeness (QED) is 0.461. The molecule has 1 heterocycles. The zero-order valence-electron chi connectivity index (χ0n) is 14.4. The summed E-state index contributed by atoms with van der Waals surface area (Å²) in [6.07, 6.45) is 9.55. The molecule has 0 saturated carbocycles. The second kappa shape index (κ2) is 7.95. The first-order chi connectivity index (χ1) is 12.6. The van der Waals surface area contributed by atoms with Crippen LogP contribution in [0.3, 0.4) is 0 Å². The topological polar surface area (TPSA) is 98.3 Å². The number of benzene rings is 1. The molecule has 1 aliphatic carbocycles. The number of unbranched alkanes of at least 4 members (excludes halogenated alkanes) is 1. The lowest BCUT2D eigenvalue weighted by atomic mass is 9.95. The van der Waals surface area contributed by atoms with E-state index in [4.69, 9.17) is 10.2 Å². The smallest absolute Gasteiger partial charge is 0.303 e. The summed E-state index contributed by atoms with van der Waals surface area (Å²) in [4.78, 5) is 21.0. The lowest BCUT2D eigenvalue weighted by Crippen LogP contribution is -2.07. The monoisotopic (exact) mass is 355 g/mol. The highest BCUT2D eigenvalue weighted by atomic mass is 16.6. The van der Waals surface area contributed by atoms with Crippen LogP contribution in [-0.2, 0) is 17.6 Å². The number of non-ortho nitro benzene ring substituents is 1. The molecule has 0 aliphatic heterocycles. The van der Waals surface area contributed by atoms with Crippen molar-refractivity contribution in [3.8, 4) is 5.69 Å². The molecule has 7 nitrogen and oxygen atoms in total. The average Bonchev–Trinajstić information content (AvgIpc) is 3.00. The molecule has 2 aromatic rings. The van der Waals surface area contributed by atoms with Gasteiger partial charge in [0.2, 0.25) is 0 Å². The molecule has 0 atom stereocenters. The van der Waals surface area contributed by atoms with Crippen molar-refractivity contribution in [2.24, 2.45) is 0 Å². The molecule has 1 aromatic heterocycles. The molecule has 1 aliphatic rings. The summed E-state index contributed by atoms with van der Waals surface area (Å²) >= 11 is 0. The molecule has 0 saturated heterocycles. The third-order valence-electron chi connectivity index (χ3n) is 4.55. The van der Waals surface area contributed by atoms with Crippen LogP contribution in [0.15, 0.2) is 30.3 Å². The Balaban J connectivity index is 1.84. The molecule has 0 spiro atoms. The maximum atomic E-state index is 10.8. The molecule has 1 N–H and O–H groups in total. The number of nitro benzene ring substituents is 1. The molecule has 7 heteroatoms. The lowest BCUT2D eigenvalue weighted by Gasteiger charge is -2.14. The van der Waals surface area contributed by atoms with E-state index in [-0.39, 0.29) is 12.1 Å². The van der Waals surface area contributed by atoms with E-state index in [2.05, 4.69) is 0 Å². The molecule has 0 radical (unpaired) electrons. The van der Waals surface area contributed by atoms with Crippen LogP contribution >= 0.6 is 0 Å². The number of hydrogen-bond donors (Lipinski definition) is 1. The minimum Gasteiger partial charge on any atom is -0.481 e. The number of fused-ring (bicyclic) bond motifs is 1. The molecule has 136 valence electrons. The van der Waals surface area contributed by atoms with Crippen LogP contribution < -0.4 is 0 Å². The number of aromatic nitrogens is 2. The summed E-state index contributed by atoms with van der Waals surface area (Å²) in [7, 11) is 0. The van der Waals surface area contributed by atoms with Crippen molar-refractivity contribution in [1.82, 2.24) is 9.78 Å². The fourth-order valence-electron chi connectivity index (χ4n) is 3.26. The summed E-state index contributed by atoms with van der Waals surface area (Å²) in [5.41, 5.74) is 4.18. The molecule has 0 unspecified atom stereocenters. The van der Waals surface area contributed by atoms with Crippen molar-refractivity contribution in [1.29, 1.82) is 0 Å². The van der Waals surface area contributed by atoms with E-state index in [1.165, 1.54) is 17.7 Å². The van der Waals surface area contributed by atoms with Gasteiger partial charge >= 0.3 is 5.97 Å². The van der Waals surface area contributed by atoms with Crippen molar-refractivity contribution >= 4 is 17.7 Å². The van der Waals surface area contributed by atoms with E-state index in [1.807, 2.05) is 16.8 Å². The van der Waals surface area contributed by atoms with Gasteiger partial charge in [0.15, 0.2) is 0 Å². The van der Waals surface area contributed by atoms with E-state index in [1.54, 1.807) is 12.1 Å². The largest absolute Gasteiger partial charge is 0.481 e. The summed E-state index contributed by atoms with van der Waals surface area (Å²) in [5, 5.41) is 24.2. The van der Waals surface area contributed by atoms with Crippen molar-refractivity contribution in [3.05, 3.63) is 57.4 Å². The van der Waals surface area contributed by atoms with E-state index >= 15 is 0 Å². The van der Waals surface area contributed by atoms with E-state index < -0.39 is 10.9 Å². The Bertz CT molecular complexity index is 837. The van der Waals surface area contributed by atoms with Crippen LogP contribution in [0, 0.1) is 10.1 Å². The van der Waals surface area contributed by atoms with Crippen LogP contribution in [0.2, 0.25) is 0 Å². The zero-order chi connectivity index (χ0) is 18.5. The number of rotatable bonds is 7. The van der Waals surface area contributed by atoms with E-state index in [0.29, 0.717) is 12.8 Å². The molecule has 3 rings (SSSR count). The molecule has 0 amide bonds. The third-order valence-corrected chi connectivity index (χ3v) is 4.55. The van der Waals surface area contributed by atoms with Gasteiger partial charge in [0.25, 0.3) is 5.69 Å². The SMILES string of the molecule is O=C(O)CCC/C=C\c1nn(-c2ccc([N+](=O)[O-])cc2)c2c1CCCC2. The van der Waals surface area contributed by atoms with E-state index in [0.717, 1.165) is 42.8 Å². The van der Waals surface area contributed by atoms with Crippen LogP contribution in [-0.4, -0.2) is 25.8 Å². The van der Waals surface area contributed by atoms with Crippen LogP contribution in [0.25, 0.3) is 11.8 Å². The van der Waals surface area contributed by atoms with E-state index in [9.17, 15) is 14.9 Å². The van der Waals surface area contributed by atoms with Gasteiger partial charge in [-0.25, -0.2) is 4.68 Å². The Morgan fingerprint density at radius 2 is 2.00 bits per heavy atom. The minimum atomic E-state index is -0.779. The lowest BCUT2D eigenvalue weighted by molar-refractivity contribution is -0.384. The Hall–Kier alpha value is -2.96. The average molecular weight is 355 g/mol. The minimum absolute atomic E-state index is 0.0633. The fraction of sp³-hybridized carbons (Fsp3) is 0.368. The number of hydrogen-bond acceptors (Lipinski definition) is 4. The maximum Gasteiger partial charge on any atom is 0.303 e. The van der Waals surface area contributed by atoms with Gasteiger partial charge in [-0.15, -0.1) is 0 Å². The molecule has 1 aromatic carbocycles. The van der Waals surface area contributed by atoms with Crippen LogP contribution in [0.1, 0.15) is 49.1 Å². The number of aliphatic carboxylic acids is 1. The Kier molecular flexibility index (Phi) is 5.46. The predicted molar refractivity (Wildman–Crippen MR) is 97.4 cm³/mol. The van der Waals surface area contributed by atoms with Gasteiger partial charge in [0.05, 0.1) is 16.3 Å². The van der Waals surface area contributed by atoms with Crippen molar-refractivity contribution in [2.45, 2.75) is 44.9 Å². The van der Waals surface area contributed by atoms with Gasteiger partial charge in [0.1, 0.15) is 0 Å². The summed E-state index contributed by atoms with van der Waals surface area (Å²) < 4.78 is 1.88. The van der Waals surface area contributed by atoms with Crippen LogP contribution in [0.4, 0.5) is 5.69 Å². The van der Waals surface area contributed by atoms with Crippen LogP contribution in [0.5, 0.6) is 0 Å². The van der Waals surface area contributed by atoms with Gasteiger partial charge in [-0.1, -0.05) is 6.08 Å². The molecular formula is C19H21N3O4. The maximum absolute atomic E-state index is 10.8. The van der Waals surface area contributed by atoms with Gasteiger partial charge < -0.3 is 5.11 Å². The zero-order valence-corrected chi connectivity index (χ0v) is 14.4. The first-order valence-corrected chi connectivity index (χ1v) is 8.80. The first kappa shape index (κ1) is 17.8. The Morgan fingerprint density at radius 1 is 1.27 bits per heavy atom. The number of nitrogens with zero attached hydrogens (tertiary/aromatic N) is 3. The number of carboxylic acids is 1. The van der Waals surface area contributed by atoms with Crippen molar-refractivity contribution in [2.75, 3.05) is 0 Å². The highest BCUT2D eigenvalue weighted by Crippen LogP contribution is 2.28. The van der Waals surface area contributed by atoms with Crippen molar-refractivity contribution < 1.29 is 14.8 Å². The van der Waals surface area contributed by atoms with Gasteiger partial charge in [-0.2, -0.15) is 5.10 Å². The highest BCUT2D eigenvalue weighted by molar-refractivity contribution is 5.66. The number of carbonyl (C=O) groups is 1. The normalized spacial score (nSPS) is 13.7. The number of allylic oxidation sites excluding steroid dienone is 1. The summed E-state index contributed by atoms with van der Waals surface area (Å²) in [6, 6.07) is 6.43. The number of nitro groups is 1. The standard InChI is InChI=1S/C19H21N3O4/c23-19(24)9-3-1-2-7-17-16-6-4-5-8-18(16)21(20-17)14-10-12-15(13-11-14)22(25)26/h2,7,10-13H,1,3-6,8-9H2,(H,23,24)/b7-2-.